The minimum atomic E-state index is -4.26. The number of ether oxygens (including phenoxy) is 1. The van der Waals surface area contributed by atoms with Crippen LogP contribution in [0.1, 0.15) is 62.3 Å². The van der Waals surface area contributed by atoms with Gasteiger partial charge < -0.3 is 25.6 Å². The Hall–Kier alpha value is -4.19. The second-order valence-electron chi connectivity index (χ2n) is 10.2. The van der Waals surface area contributed by atoms with E-state index in [0.29, 0.717) is 5.75 Å². The molecule has 0 saturated heterocycles. The number of aliphatic carboxylic acids is 1. The van der Waals surface area contributed by atoms with Gasteiger partial charge in [0.05, 0.1) is 33.2 Å². The van der Waals surface area contributed by atoms with E-state index in [0.717, 1.165) is 37.4 Å². The molecule has 0 saturated carbocycles. The van der Waals surface area contributed by atoms with E-state index < -0.39 is 73.8 Å². The maximum atomic E-state index is 13.6. The van der Waals surface area contributed by atoms with E-state index in [4.69, 9.17) is 4.74 Å². The third-order valence-electron chi connectivity index (χ3n) is 7.26. The molecule has 0 heterocycles. The molecule has 1 amide bonds. The maximum absolute atomic E-state index is 13.6. The molecule has 2 aromatic rings. The van der Waals surface area contributed by atoms with Gasteiger partial charge in [0, 0.05) is 17.8 Å². The van der Waals surface area contributed by atoms with Gasteiger partial charge in [-0.25, -0.2) is 18.0 Å². The number of hydrogen-bond acceptors (Lipinski definition) is 8. The molecule has 0 bridgehead atoms. The fourth-order valence-electron chi connectivity index (χ4n) is 4.48. The third kappa shape index (κ3) is 7.96. The molecule has 4 N–H and O–H groups in total. The predicted molar refractivity (Wildman–Crippen MR) is 158 cm³/mol. The highest BCUT2D eigenvalue weighted by atomic mass is 32.2. The zero-order valence-electron chi connectivity index (χ0n) is 24.5. The zero-order chi connectivity index (χ0) is 31.9. The van der Waals surface area contributed by atoms with Gasteiger partial charge in [-0.05, 0) is 83.0 Å². The van der Waals surface area contributed by atoms with Crippen LogP contribution in [0.5, 0.6) is 5.75 Å². The van der Waals surface area contributed by atoms with Crippen LogP contribution in [-0.4, -0.2) is 66.2 Å². The predicted octanol–water partition coefficient (Wildman–Crippen LogP) is 4.05. The van der Waals surface area contributed by atoms with Crippen LogP contribution in [-0.2, 0) is 19.4 Å². The zero-order valence-corrected chi connectivity index (χ0v) is 25.3. The van der Waals surface area contributed by atoms with Crippen molar-refractivity contribution in [3.05, 3.63) is 65.7 Å². The standard InChI is InChI=1S/C30H38N2O9S/c1-8-31-22-9-11-23(12-10-22)41-20(6)18(4)32-28(34)26-15-24(13-14-25(26)30(37)38)42(39,40)21(7)16(2)27(19(5)33)17(3)29(35)36/h9-16,18,20-21,27,31H,3,8H2,1-2,4-7H3,(H,32,34)(H,35,36)(H,37,38)/t16-,18-,20?,21+,27-/m1/s1. The first kappa shape index (κ1) is 34.0. The van der Waals surface area contributed by atoms with E-state index in [1.165, 1.54) is 13.8 Å². The Morgan fingerprint density at radius 1 is 0.952 bits per heavy atom. The molecule has 42 heavy (non-hydrogen) atoms. The van der Waals surface area contributed by atoms with E-state index in [-0.39, 0.29) is 10.5 Å². The molecule has 2 rings (SSSR count). The van der Waals surface area contributed by atoms with E-state index in [2.05, 4.69) is 17.2 Å². The first-order valence-electron chi connectivity index (χ1n) is 13.4. The lowest BCUT2D eigenvalue weighted by atomic mass is 9.83. The van der Waals surface area contributed by atoms with Crippen LogP contribution in [0.2, 0.25) is 0 Å². The summed E-state index contributed by atoms with van der Waals surface area (Å²) in [7, 11) is -4.26. The first-order chi connectivity index (χ1) is 19.5. The van der Waals surface area contributed by atoms with Gasteiger partial charge in [0.1, 0.15) is 17.6 Å². The lowest BCUT2D eigenvalue weighted by Gasteiger charge is -2.27. The number of sulfone groups is 1. The SMILES string of the molecule is C=C(C(=O)O)[C@H](C(C)=O)[C@H](C)[C@H](C)S(=O)(=O)c1ccc(C(=O)O)c(C(=O)N[C@H](C)C(C)Oc2ccc(NCC)cc2)c1. The Bertz CT molecular complexity index is 1450. The summed E-state index contributed by atoms with van der Waals surface area (Å²) in [6, 6.07) is 9.69. The molecule has 0 aliphatic rings. The molecule has 0 radical (unpaired) electrons. The number of carbonyl (C=O) groups excluding carboxylic acids is 2. The molecule has 0 aromatic heterocycles. The fourth-order valence-corrected chi connectivity index (χ4v) is 6.17. The Balaban J connectivity index is 2.34. The van der Waals surface area contributed by atoms with Crippen molar-refractivity contribution in [3.8, 4) is 5.75 Å². The van der Waals surface area contributed by atoms with Gasteiger partial charge in [0.15, 0.2) is 9.84 Å². The number of carboxylic acids is 2. The molecule has 12 heteroatoms. The lowest BCUT2D eigenvalue weighted by molar-refractivity contribution is -0.135. The number of anilines is 1. The summed E-state index contributed by atoms with van der Waals surface area (Å²) < 4.78 is 33.0. The second kappa shape index (κ2) is 14.1. The Labute approximate surface area is 245 Å². The van der Waals surface area contributed by atoms with E-state index >= 15 is 0 Å². The average molecular weight is 603 g/mol. The third-order valence-corrected chi connectivity index (χ3v) is 9.58. The van der Waals surface area contributed by atoms with Crippen molar-refractivity contribution in [2.45, 2.75) is 63.8 Å². The maximum Gasteiger partial charge on any atom is 0.336 e. The number of carbonyl (C=O) groups is 4. The van der Waals surface area contributed by atoms with E-state index in [9.17, 15) is 37.8 Å². The van der Waals surface area contributed by atoms with Crippen LogP contribution in [0, 0.1) is 11.8 Å². The van der Waals surface area contributed by atoms with Crippen molar-refractivity contribution in [1.82, 2.24) is 5.32 Å². The smallest absolute Gasteiger partial charge is 0.336 e. The largest absolute Gasteiger partial charge is 0.489 e. The van der Waals surface area contributed by atoms with Crippen LogP contribution in [0.25, 0.3) is 0 Å². The van der Waals surface area contributed by atoms with Crippen LogP contribution >= 0.6 is 0 Å². The molecule has 0 aliphatic heterocycles. The highest BCUT2D eigenvalue weighted by molar-refractivity contribution is 7.92. The van der Waals surface area contributed by atoms with Crippen LogP contribution in [0.3, 0.4) is 0 Å². The number of nitrogens with one attached hydrogen (secondary N) is 2. The fraction of sp³-hybridized carbons (Fsp3) is 0.400. The summed E-state index contributed by atoms with van der Waals surface area (Å²) in [5.74, 6) is -5.94. The van der Waals surface area contributed by atoms with Crippen molar-refractivity contribution in [1.29, 1.82) is 0 Å². The van der Waals surface area contributed by atoms with Crippen molar-refractivity contribution in [2.75, 3.05) is 11.9 Å². The van der Waals surface area contributed by atoms with Crippen molar-refractivity contribution in [3.63, 3.8) is 0 Å². The number of Topliss-reactive ketones (excluding diaryl/α,β-unsaturated/α-hetero) is 1. The van der Waals surface area contributed by atoms with Crippen LogP contribution in [0.15, 0.2) is 59.5 Å². The lowest BCUT2D eigenvalue weighted by Crippen LogP contribution is -2.43. The molecule has 1 unspecified atom stereocenters. The summed E-state index contributed by atoms with van der Waals surface area (Å²) >= 11 is 0. The normalized spacial score (nSPS) is 14.9. The molecule has 0 spiro atoms. The summed E-state index contributed by atoms with van der Waals surface area (Å²) in [4.78, 5) is 48.5. The van der Waals surface area contributed by atoms with Gasteiger partial charge in [-0.3, -0.25) is 9.59 Å². The summed E-state index contributed by atoms with van der Waals surface area (Å²) in [5.41, 5.74) is -0.303. The number of hydrogen-bond donors (Lipinski definition) is 4. The van der Waals surface area contributed by atoms with E-state index in [1.54, 1.807) is 26.0 Å². The second-order valence-corrected chi connectivity index (χ2v) is 12.5. The molecule has 228 valence electrons. The first-order valence-corrected chi connectivity index (χ1v) is 14.9. The van der Waals surface area contributed by atoms with Gasteiger partial charge in [0.2, 0.25) is 0 Å². The highest BCUT2D eigenvalue weighted by Gasteiger charge is 2.38. The topological polar surface area (TPSA) is 176 Å². The molecule has 0 fully saturated rings. The van der Waals surface area contributed by atoms with Crippen molar-refractivity contribution in [2.24, 2.45) is 11.8 Å². The van der Waals surface area contributed by atoms with Gasteiger partial charge in [0.25, 0.3) is 5.91 Å². The summed E-state index contributed by atoms with van der Waals surface area (Å²) in [5, 5.41) is 23.6. The number of carboxylic acid groups (broad SMARTS) is 2. The van der Waals surface area contributed by atoms with Gasteiger partial charge in [-0.15, -0.1) is 0 Å². The van der Waals surface area contributed by atoms with Crippen LogP contribution in [0.4, 0.5) is 5.69 Å². The minimum Gasteiger partial charge on any atom is -0.489 e. The highest BCUT2D eigenvalue weighted by Crippen LogP contribution is 2.31. The number of benzene rings is 2. The minimum absolute atomic E-state index is 0.349. The van der Waals surface area contributed by atoms with Gasteiger partial charge in [-0.2, -0.15) is 0 Å². The van der Waals surface area contributed by atoms with Crippen molar-refractivity contribution < 1.29 is 42.5 Å². The number of aromatic carboxylic acids is 1. The number of ketones is 1. The van der Waals surface area contributed by atoms with Crippen LogP contribution < -0.4 is 15.4 Å². The molecule has 5 atom stereocenters. The Morgan fingerprint density at radius 2 is 1.55 bits per heavy atom. The van der Waals surface area contributed by atoms with Crippen molar-refractivity contribution >= 4 is 39.2 Å². The summed E-state index contributed by atoms with van der Waals surface area (Å²) in [6.45, 7) is 13.5. The average Bonchev–Trinajstić information content (AvgIpc) is 2.92. The number of rotatable bonds is 15. The molecular weight excluding hydrogens is 564 g/mol. The monoisotopic (exact) mass is 602 g/mol. The quantitative estimate of drug-likeness (QED) is 0.218. The molecular formula is C30H38N2O9S. The molecule has 0 aliphatic carbocycles. The van der Waals surface area contributed by atoms with E-state index in [1.807, 2.05) is 19.1 Å². The van der Waals surface area contributed by atoms with Gasteiger partial charge >= 0.3 is 11.9 Å². The Kier molecular flexibility index (Phi) is 11.4. The summed E-state index contributed by atoms with van der Waals surface area (Å²) in [6.07, 6.45) is -0.536. The Morgan fingerprint density at radius 3 is 2.05 bits per heavy atom. The molecule has 11 nitrogen and oxygen atoms in total. The van der Waals surface area contributed by atoms with Gasteiger partial charge in [-0.1, -0.05) is 13.5 Å². The number of amides is 1. The molecule has 2 aromatic carbocycles.